The van der Waals surface area contributed by atoms with E-state index < -0.39 is 0 Å². The maximum Gasteiger partial charge on any atom is 0.235 e. The number of nitrogens with zero attached hydrogens (tertiary/aromatic N) is 2. The van der Waals surface area contributed by atoms with E-state index in [9.17, 15) is 9.59 Å². The molecule has 0 atom stereocenters. The van der Waals surface area contributed by atoms with Gasteiger partial charge in [-0.3, -0.25) is 9.59 Å². The maximum absolute atomic E-state index is 12.4. The van der Waals surface area contributed by atoms with Crippen molar-refractivity contribution in [2.45, 2.75) is 45.4 Å². The average Bonchev–Trinajstić information content (AvgIpc) is 2.80. The molecule has 1 saturated carbocycles. The number of carbonyl (C=O) groups is 2. The molecule has 0 radical (unpaired) electrons. The number of carbonyl (C=O) groups excluding carboxylic acids is 2. The molecule has 3 rings (SSSR count). The summed E-state index contributed by atoms with van der Waals surface area (Å²) in [6.07, 6.45) is 6.66. The molecule has 2 fully saturated rings. The molecule has 2 amide bonds. The zero-order chi connectivity index (χ0) is 14.3. The van der Waals surface area contributed by atoms with Gasteiger partial charge in [0.2, 0.25) is 11.8 Å². The van der Waals surface area contributed by atoms with Gasteiger partial charge in [-0.25, -0.2) is 9.88 Å². The van der Waals surface area contributed by atoms with E-state index >= 15 is 0 Å². The van der Waals surface area contributed by atoms with Gasteiger partial charge < -0.3 is 5.73 Å². The first-order chi connectivity index (χ1) is 9.51. The van der Waals surface area contributed by atoms with Crippen molar-refractivity contribution in [2.24, 2.45) is 5.41 Å². The number of rotatable bonds is 1. The van der Waals surface area contributed by atoms with E-state index in [0.717, 1.165) is 31.2 Å². The minimum Gasteiger partial charge on any atom is -0.397 e. The molecule has 0 unspecified atom stereocenters. The minimum atomic E-state index is -0.125. The average molecular weight is 273 g/mol. The van der Waals surface area contributed by atoms with Crippen LogP contribution >= 0.6 is 0 Å². The number of aromatic nitrogens is 1. The Hall–Kier alpha value is -1.91. The van der Waals surface area contributed by atoms with Gasteiger partial charge in [0.05, 0.1) is 11.9 Å². The number of nitrogen functional groups attached to an aromatic ring is 1. The van der Waals surface area contributed by atoms with Crippen molar-refractivity contribution >= 4 is 23.3 Å². The van der Waals surface area contributed by atoms with Crippen LogP contribution in [0.3, 0.4) is 0 Å². The number of amides is 2. The molecule has 1 saturated heterocycles. The summed E-state index contributed by atoms with van der Waals surface area (Å²) in [5.74, 6) is 0.152. The third-order valence-electron chi connectivity index (χ3n) is 4.58. The molecule has 1 aromatic heterocycles. The summed E-state index contributed by atoms with van der Waals surface area (Å²) in [7, 11) is 0. The highest BCUT2D eigenvalue weighted by atomic mass is 16.2. The molecular weight excluding hydrogens is 254 g/mol. The van der Waals surface area contributed by atoms with E-state index in [4.69, 9.17) is 5.73 Å². The van der Waals surface area contributed by atoms with Crippen LogP contribution < -0.4 is 10.6 Å². The molecule has 1 aromatic rings. The molecule has 2 aliphatic rings. The van der Waals surface area contributed by atoms with E-state index in [2.05, 4.69) is 4.98 Å². The van der Waals surface area contributed by atoms with Crippen molar-refractivity contribution in [1.29, 1.82) is 0 Å². The lowest BCUT2D eigenvalue weighted by Crippen LogP contribution is -2.47. The Morgan fingerprint density at radius 1 is 1.20 bits per heavy atom. The van der Waals surface area contributed by atoms with Gasteiger partial charge in [-0.1, -0.05) is 12.8 Å². The largest absolute Gasteiger partial charge is 0.397 e. The molecule has 1 spiro atoms. The zero-order valence-corrected chi connectivity index (χ0v) is 11.7. The second-order valence-corrected chi connectivity index (χ2v) is 6.08. The number of hydrogen-bond donors (Lipinski definition) is 1. The second-order valence-electron chi connectivity index (χ2n) is 6.08. The van der Waals surface area contributed by atoms with Crippen molar-refractivity contribution in [3.63, 3.8) is 0 Å². The van der Waals surface area contributed by atoms with Crippen LogP contribution in [0.1, 0.15) is 44.1 Å². The maximum atomic E-state index is 12.4. The Bertz CT molecular complexity index is 556. The first kappa shape index (κ1) is 13.1. The number of nitrogens with two attached hydrogens (primary N) is 1. The molecule has 106 valence electrons. The van der Waals surface area contributed by atoms with E-state index in [1.165, 1.54) is 11.1 Å². The number of anilines is 2. The lowest BCUT2D eigenvalue weighted by atomic mass is 9.76. The minimum absolute atomic E-state index is 0.0759. The molecule has 5 nitrogen and oxygen atoms in total. The van der Waals surface area contributed by atoms with E-state index in [1.807, 2.05) is 6.92 Å². The topological polar surface area (TPSA) is 76.3 Å². The monoisotopic (exact) mass is 273 g/mol. The highest BCUT2D eigenvalue weighted by Crippen LogP contribution is 2.47. The third-order valence-corrected chi connectivity index (χ3v) is 4.58. The zero-order valence-electron chi connectivity index (χ0n) is 11.7. The third kappa shape index (κ3) is 2.07. The van der Waals surface area contributed by atoms with Gasteiger partial charge in [-0.15, -0.1) is 0 Å². The molecule has 1 aliphatic heterocycles. The molecule has 0 aromatic carbocycles. The number of piperidine rings is 1. The van der Waals surface area contributed by atoms with Crippen LogP contribution in [0.2, 0.25) is 0 Å². The van der Waals surface area contributed by atoms with Crippen LogP contribution in [0.15, 0.2) is 12.3 Å². The molecule has 2 heterocycles. The van der Waals surface area contributed by atoms with Crippen LogP contribution in [0.4, 0.5) is 11.5 Å². The summed E-state index contributed by atoms with van der Waals surface area (Å²) in [6, 6.07) is 1.71. The summed E-state index contributed by atoms with van der Waals surface area (Å²) in [5, 5.41) is 0. The highest BCUT2D eigenvalue weighted by Gasteiger charge is 2.45. The van der Waals surface area contributed by atoms with E-state index in [1.54, 1.807) is 6.07 Å². The Morgan fingerprint density at radius 3 is 2.35 bits per heavy atom. The Morgan fingerprint density at radius 2 is 1.80 bits per heavy atom. The fourth-order valence-electron chi connectivity index (χ4n) is 3.41. The fraction of sp³-hybridized carbons (Fsp3) is 0.533. The van der Waals surface area contributed by atoms with Crippen molar-refractivity contribution in [2.75, 3.05) is 10.6 Å². The fourth-order valence-corrected chi connectivity index (χ4v) is 3.41. The van der Waals surface area contributed by atoms with Crippen LogP contribution in [-0.4, -0.2) is 16.8 Å². The Balaban J connectivity index is 1.89. The molecule has 5 heteroatoms. The lowest BCUT2D eigenvalue weighted by Gasteiger charge is -2.36. The summed E-state index contributed by atoms with van der Waals surface area (Å²) in [6.45, 7) is 1.85. The normalized spacial score (nSPS) is 21.8. The smallest absolute Gasteiger partial charge is 0.235 e. The Kier molecular flexibility index (Phi) is 3.00. The van der Waals surface area contributed by atoms with Crippen molar-refractivity contribution in [3.8, 4) is 0 Å². The standard InChI is InChI=1S/C15H19N3O2/c1-10-6-12(17-9-11(10)16)18-13(19)7-15(8-14(18)20)4-2-3-5-15/h6,9H,2-5,7-8,16H2,1H3. The van der Waals surface area contributed by atoms with Gasteiger partial charge in [0, 0.05) is 12.8 Å². The summed E-state index contributed by atoms with van der Waals surface area (Å²) < 4.78 is 0. The number of imide groups is 1. The molecule has 20 heavy (non-hydrogen) atoms. The summed E-state index contributed by atoms with van der Waals surface area (Å²) in [4.78, 5) is 30.2. The van der Waals surface area contributed by atoms with Gasteiger partial charge in [0.25, 0.3) is 0 Å². The first-order valence-electron chi connectivity index (χ1n) is 7.09. The predicted molar refractivity (Wildman–Crippen MR) is 76.0 cm³/mol. The quantitative estimate of drug-likeness (QED) is 0.796. The number of pyridine rings is 1. The SMILES string of the molecule is Cc1cc(N2C(=O)CC3(CCCC3)CC2=O)ncc1N. The number of hydrogen-bond acceptors (Lipinski definition) is 4. The summed E-state index contributed by atoms with van der Waals surface area (Å²) in [5.41, 5.74) is 7.05. The highest BCUT2D eigenvalue weighted by molar-refractivity contribution is 6.16. The van der Waals surface area contributed by atoms with E-state index in [0.29, 0.717) is 24.3 Å². The van der Waals surface area contributed by atoms with Gasteiger partial charge in [-0.2, -0.15) is 0 Å². The van der Waals surface area contributed by atoms with E-state index in [-0.39, 0.29) is 17.2 Å². The molecule has 1 aliphatic carbocycles. The van der Waals surface area contributed by atoms with Crippen LogP contribution in [-0.2, 0) is 9.59 Å². The van der Waals surface area contributed by atoms with Gasteiger partial charge in [0.1, 0.15) is 5.82 Å². The summed E-state index contributed by atoms with van der Waals surface area (Å²) >= 11 is 0. The predicted octanol–water partition coefficient (Wildman–Crippen LogP) is 2.19. The second kappa shape index (κ2) is 4.58. The van der Waals surface area contributed by atoms with Crippen molar-refractivity contribution in [3.05, 3.63) is 17.8 Å². The van der Waals surface area contributed by atoms with Crippen molar-refractivity contribution in [1.82, 2.24) is 4.98 Å². The lowest BCUT2D eigenvalue weighted by molar-refractivity contribution is -0.133. The van der Waals surface area contributed by atoms with Gasteiger partial charge in [0.15, 0.2) is 0 Å². The molecular formula is C15H19N3O2. The van der Waals surface area contributed by atoms with Crippen LogP contribution in [0.25, 0.3) is 0 Å². The van der Waals surface area contributed by atoms with Gasteiger partial charge in [-0.05, 0) is 36.8 Å². The number of aryl methyl sites for hydroxylation is 1. The Labute approximate surface area is 118 Å². The molecule has 0 bridgehead atoms. The van der Waals surface area contributed by atoms with Crippen molar-refractivity contribution < 1.29 is 9.59 Å². The molecule has 2 N–H and O–H groups in total. The van der Waals surface area contributed by atoms with Gasteiger partial charge >= 0.3 is 0 Å². The van der Waals surface area contributed by atoms with Crippen LogP contribution in [0, 0.1) is 12.3 Å². The van der Waals surface area contributed by atoms with Crippen LogP contribution in [0.5, 0.6) is 0 Å². The first-order valence-corrected chi connectivity index (χ1v) is 7.09.